The molecule has 0 radical (unpaired) electrons. The fraction of sp³-hybridized carbons (Fsp3) is 0.348. The van der Waals surface area contributed by atoms with Gasteiger partial charge in [0, 0.05) is 57.2 Å². The maximum atomic E-state index is 12.1. The number of nitrogens with zero attached hydrogens (tertiary/aromatic N) is 4. The van der Waals surface area contributed by atoms with Crippen molar-refractivity contribution in [3.05, 3.63) is 64.0 Å². The number of pyridine rings is 2. The lowest BCUT2D eigenvalue weighted by Gasteiger charge is -2.36. The fourth-order valence-electron chi connectivity index (χ4n) is 4.25. The summed E-state index contributed by atoms with van der Waals surface area (Å²) >= 11 is 0. The molecule has 0 aliphatic carbocycles. The van der Waals surface area contributed by atoms with Gasteiger partial charge in [0.05, 0.1) is 23.3 Å². The second-order valence-electron chi connectivity index (χ2n) is 8.06. The number of nitrogens with one attached hydrogen (secondary N) is 3. The molecule has 3 N–H and O–H groups in total. The van der Waals surface area contributed by atoms with E-state index in [-0.39, 0.29) is 5.56 Å². The van der Waals surface area contributed by atoms with Crippen LogP contribution in [0.2, 0.25) is 0 Å². The van der Waals surface area contributed by atoms with Crippen molar-refractivity contribution < 1.29 is 0 Å². The number of aryl methyl sites for hydroxylation is 1. The van der Waals surface area contributed by atoms with Gasteiger partial charge < -0.3 is 20.2 Å². The Morgan fingerprint density at radius 2 is 2.00 bits per heavy atom. The number of H-pyrrole nitrogens is 2. The third-order valence-electron chi connectivity index (χ3n) is 6.04. The average Bonchev–Trinajstić information content (AvgIpc) is 3.34. The molecule has 160 valence electrons. The Bertz CT molecular complexity index is 1120. The van der Waals surface area contributed by atoms with E-state index in [4.69, 9.17) is 0 Å². The van der Waals surface area contributed by atoms with Crippen LogP contribution in [0.25, 0.3) is 17.6 Å². The van der Waals surface area contributed by atoms with Gasteiger partial charge in [0.25, 0.3) is 5.56 Å². The van der Waals surface area contributed by atoms with E-state index in [1.807, 2.05) is 25.3 Å². The van der Waals surface area contributed by atoms with Gasteiger partial charge in [0.1, 0.15) is 5.69 Å². The first-order valence-electron chi connectivity index (χ1n) is 10.8. The minimum Gasteiger partial charge on any atom is -0.380 e. The van der Waals surface area contributed by atoms with Crippen LogP contribution in [0.1, 0.15) is 18.2 Å². The molecule has 5 rings (SSSR count). The number of aromatic amines is 2. The van der Waals surface area contributed by atoms with Gasteiger partial charge in [-0.3, -0.25) is 14.7 Å². The van der Waals surface area contributed by atoms with Crippen molar-refractivity contribution in [3.63, 3.8) is 0 Å². The predicted molar refractivity (Wildman–Crippen MR) is 123 cm³/mol. The first kappa shape index (κ1) is 19.6. The summed E-state index contributed by atoms with van der Waals surface area (Å²) in [6.07, 6.45) is 8.35. The number of hydrogen-bond acceptors (Lipinski definition) is 6. The Hall–Kier alpha value is -3.39. The van der Waals surface area contributed by atoms with Crippen LogP contribution in [0.4, 0.5) is 11.4 Å². The lowest BCUT2D eigenvalue weighted by molar-refractivity contribution is 0.278. The van der Waals surface area contributed by atoms with Crippen LogP contribution < -0.4 is 15.8 Å². The van der Waals surface area contributed by atoms with E-state index in [9.17, 15) is 4.79 Å². The minimum absolute atomic E-state index is 0.0147. The van der Waals surface area contributed by atoms with Crippen LogP contribution in [-0.4, -0.2) is 64.1 Å². The number of fused-ring (bicyclic) bond motifs is 1. The maximum Gasteiger partial charge on any atom is 0.251 e. The topological polar surface area (TPSA) is 92.9 Å². The second kappa shape index (κ2) is 8.39. The lowest BCUT2D eigenvalue weighted by atomic mass is 10.1. The van der Waals surface area contributed by atoms with E-state index in [0.717, 1.165) is 79.8 Å². The molecule has 2 aliphatic rings. The Morgan fingerprint density at radius 1 is 1.13 bits per heavy atom. The van der Waals surface area contributed by atoms with E-state index in [0.29, 0.717) is 0 Å². The van der Waals surface area contributed by atoms with Gasteiger partial charge >= 0.3 is 0 Å². The van der Waals surface area contributed by atoms with Gasteiger partial charge in [-0.2, -0.15) is 0 Å². The molecule has 3 aromatic heterocycles. The van der Waals surface area contributed by atoms with Gasteiger partial charge in [-0.25, -0.2) is 4.98 Å². The summed E-state index contributed by atoms with van der Waals surface area (Å²) in [5.41, 5.74) is 6.05. The highest BCUT2D eigenvalue weighted by Crippen LogP contribution is 2.23. The number of hydrogen-bond donors (Lipinski definition) is 3. The van der Waals surface area contributed by atoms with Gasteiger partial charge in [0.15, 0.2) is 5.82 Å². The number of piperazine rings is 1. The molecule has 8 heteroatoms. The van der Waals surface area contributed by atoms with E-state index >= 15 is 0 Å². The molecule has 0 bridgehead atoms. The summed E-state index contributed by atoms with van der Waals surface area (Å²) in [6.45, 7) is 7.66. The van der Waals surface area contributed by atoms with Gasteiger partial charge in [-0.15, -0.1) is 0 Å². The first-order valence-corrected chi connectivity index (χ1v) is 10.8. The van der Waals surface area contributed by atoms with Gasteiger partial charge in [0.2, 0.25) is 0 Å². The molecule has 0 unspecified atom stereocenters. The molecule has 3 aromatic rings. The molecule has 31 heavy (non-hydrogen) atoms. The highest BCUT2D eigenvalue weighted by molar-refractivity contribution is 5.70. The van der Waals surface area contributed by atoms with Gasteiger partial charge in [-0.05, 0) is 36.3 Å². The third kappa shape index (κ3) is 4.11. The van der Waals surface area contributed by atoms with Crippen molar-refractivity contribution in [1.29, 1.82) is 0 Å². The zero-order valence-corrected chi connectivity index (χ0v) is 17.7. The van der Waals surface area contributed by atoms with Crippen molar-refractivity contribution in [1.82, 2.24) is 24.8 Å². The Labute approximate surface area is 181 Å². The van der Waals surface area contributed by atoms with Crippen molar-refractivity contribution in [2.75, 3.05) is 49.5 Å². The monoisotopic (exact) mass is 417 g/mol. The third-order valence-corrected chi connectivity index (χ3v) is 6.04. The number of aromatic nitrogens is 4. The van der Waals surface area contributed by atoms with Crippen LogP contribution >= 0.6 is 0 Å². The normalized spacial score (nSPS) is 16.5. The average molecular weight is 418 g/mol. The number of imidazole rings is 1. The van der Waals surface area contributed by atoms with Gasteiger partial charge in [-0.1, -0.05) is 6.92 Å². The van der Waals surface area contributed by atoms with Crippen LogP contribution in [0.5, 0.6) is 0 Å². The zero-order valence-electron chi connectivity index (χ0n) is 17.7. The van der Waals surface area contributed by atoms with Crippen molar-refractivity contribution in [3.8, 4) is 11.5 Å². The summed E-state index contributed by atoms with van der Waals surface area (Å²) in [6, 6.07) is 6.11. The van der Waals surface area contributed by atoms with E-state index in [1.165, 1.54) is 5.57 Å². The Balaban J connectivity index is 1.19. The molecular formula is C23H27N7O. The molecule has 0 saturated carbocycles. The molecule has 1 fully saturated rings. The number of anilines is 2. The molecule has 0 atom stereocenters. The van der Waals surface area contributed by atoms with Crippen LogP contribution in [0.15, 0.2) is 47.2 Å². The Morgan fingerprint density at radius 3 is 2.71 bits per heavy atom. The quantitative estimate of drug-likeness (QED) is 0.590. The fourth-order valence-corrected chi connectivity index (χ4v) is 4.25. The SMILES string of the molecule is CCc1cc2c([nH]c1=O)C=C(CN1CCN(c3ccc(-c4ncc[nH]4)nc3)CC1)CN2. The van der Waals surface area contributed by atoms with Crippen molar-refractivity contribution in [2.24, 2.45) is 0 Å². The molecule has 5 heterocycles. The molecule has 0 aromatic carbocycles. The standard InChI is InChI=1S/C23H27N7O/c1-2-17-12-20-21(28-23(17)31)11-16(13-26-20)15-29-7-9-30(10-8-29)18-3-4-19(27-14-18)22-24-5-6-25-22/h3-6,11-12,14,26H,2,7-10,13,15H2,1H3,(H,24,25)(H,28,31). The molecular weight excluding hydrogens is 390 g/mol. The van der Waals surface area contributed by atoms with Crippen molar-refractivity contribution in [2.45, 2.75) is 13.3 Å². The largest absolute Gasteiger partial charge is 0.380 e. The summed E-state index contributed by atoms with van der Waals surface area (Å²) in [7, 11) is 0. The zero-order chi connectivity index (χ0) is 21.2. The molecule has 1 saturated heterocycles. The summed E-state index contributed by atoms with van der Waals surface area (Å²) in [5, 5.41) is 3.46. The summed E-state index contributed by atoms with van der Waals surface area (Å²) < 4.78 is 0. The number of rotatable bonds is 5. The minimum atomic E-state index is 0.0147. The maximum absolute atomic E-state index is 12.1. The predicted octanol–water partition coefficient (Wildman–Crippen LogP) is 2.35. The first-order chi connectivity index (χ1) is 15.2. The lowest BCUT2D eigenvalue weighted by Crippen LogP contribution is -2.47. The molecule has 0 spiro atoms. The smallest absolute Gasteiger partial charge is 0.251 e. The highest BCUT2D eigenvalue weighted by atomic mass is 16.1. The summed E-state index contributed by atoms with van der Waals surface area (Å²) in [4.78, 5) is 31.9. The van der Waals surface area contributed by atoms with Crippen LogP contribution in [0.3, 0.4) is 0 Å². The molecule has 8 nitrogen and oxygen atoms in total. The molecule has 0 amide bonds. The second-order valence-corrected chi connectivity index (χ2v) is 8.06. The molecule has 2 aliphatic heterocycles. The Kier molecular flexibility index (Phi) is 5.30. The van der Waals surface area contributed by atoms with Crippen LogP contribution in [-0.2, 0) is 6.42 Å². The van der Waals surface area contributed by atoms with Crippen LogP contribution in [0, 0.1) is 0 Å². The van der Waals surface area contributed by atoms with E-state index in [2.05, 4.69) is 47.2 Å². The van der Waals surface area contributed by atoms with E-state index in [1.54, 1.807) is 12.4 Å². The van der Waals surface area contributed by atoms with Crippen molar-refractivity contribution >= 4 is 17.5 Å². The summed E-state index contributed by atoms with van der Waals surface area (Å²) in [5.74, 6) is 0.791. The highest BCUT2D eigenvalue weighted by Gasteiger charge is 2.20. The van der Waals surface area contributed by atoms with E-state index < -0.39 is 0 Å².